The van der Waals surface area contributed by atoms with Crippen molar-refractivity contribution in [2.45, 2.75) is 5.54 Å². The fourth-order valence-corrected chi connectivity index (χ4v) is 3.30. The molecule has 6 heteroatoms. The molecule has 0 radical (unpaired) electrons. The van der Waals surface area contributed by atoms with E-state index in [0.29, 0.717) is 5.96 Å². The van der Waals surface area contributed by atoms with E-state index in [0.717, 1.165) is 22.4 Å². The molecule has 1 heterocycles. The van der Waals surface area contributed by atoms with E-state index in [1.165, 1.54) is 0 Å². The number of carbonyl (C=O) groups is 1. The first kappa shape index (κ1) is 18.4. The summed E-state index contributed by atoms with van der Waals surface area (Å²) in [6, 6.07) is 26.5. The van der Waals surface area contributed by atoms with E-state index in [9.17, 15) is 4.79 Å². The van der Waals surface area contributed by atoms with Crippen molar-refractivity contribution in [2.24, 2.45) is 10.1 Å². The quantitative estimate of drug-likeness (QED) is 0.524. The zero-order valence-corrected chi connectivity index (χ0v) is 15.9. The number of hydrazone groups is 1. The summed E-state index contributed by atoms with van der Waals surface area (Å²) >= 11 is 0. The predicted octanol–water partition coefficient (Wildman–Crippen LogP) is 3.05. The van der Waals surface area contributed by atoms with Crippen LogP contribution in [0.1, 0.15) is 16.7 Å². The fraction of sp³-hybridized carbons (Fsp3) is 0.0870. The van der Waals surface area contributed by atoms with Crippen molar-refractivity contribution in [2.75, 3.05) is 7.11 Å². The first-order chi connectivity index (χ1) is 14.2. The topological polar surface area (TPSA) is 75.1 Å². The van der Waals surface area contributed by atoms with Crippen molar-refractivity contribution in [3.63, 3.8) is 0 Å². The third-order valence-electron chi connectivity index (χ3n) is 4.70. The van der Waals surface area contributed by atoms with Gasteiger partial charge in [-0.1, -0.05) is 72.8 Å². The molecule has 0 fully saturated rings. The number of benzene rings is 3. The van der Waals surface area contributed by atoms with Crippen LogP contribution in [0.4, 0.5) is 0 Å². The van der Waals surface area contributed by atoms with Gasteiger partial charge in [-0.25, -0.2) is 10.4 Å². The first-order valence-corrected chi connectivity index (χ1v) is 9.18. The van der Waals surface area contributed by atoms with Gasteiger partial charge in [0.15, 0.2) is 5.54 Å². The van der Waals surface area contributed by atoms with Crippen molar-refractivity contribution in [1.82, 2.24) is 10.7 Å². The number of methoxy groups -OCH3 is 1. The van der Waals surface area contributed by atoms with E-state index in [4.69, 9.17) is 9.73 Å². The molecule has 6 nitrogen and oxygen atoms in total. The van der Waals surface area contributed by atoms with Crippen molar-refractivity contribution in [1.29, 1.82) is 0 Å². The Labute approximate surface area is 169 Å². The minimum absolute atomic E-state index is 0.228. The summed E-state index contributed by atoms with van der Waals surface area (Å²) in [7, 11) is 1.62. The molecule has 0 saturated heterocycles. The minimum Gasteiger partial charge on any atom is -0.497 e. The van der Waals surface area contributed by atoms with E-state index < -0.39 is 5.54 Å². The molecule has 0 atom stereocenters. The number of hydrogen-bond donors (Lipinski definition) is 2. The SMILES string of the molecule is COc1cccc(/C=N/NC2=NC(c3ccccc3)(c3ccccc3)C(=O)N2)c1. The normalized spacial score (nSPS) is 15.1. The van der Waals surface area contributed by atoms with Crippen molar-refractivity contribution in [3.05, 3.63) is 102 Å². The molecular weight excluding hydrogens is 364 g/mol. The highest BCUT2D eigenvalue weighted by Gasteiger charge is 2.46. The third kappa shape index (κ3) is 3.60. The molecule has 0 unspecified atom stereocenters. The molecule has 0 aliphatic carbocycles. The molecule has 1 amide bonds. The molecule has 29 heavy (non-hydrogen) atoms. The smallest absolute Gasteiger partial charge is 0.264 e. The average molecular weight is 384 g/mol. The second kappa shape index (κ2) is 7.98. The summed E-state index contributed by atoms with van der Waals surface area (Å²) in [6.45, 7) is 0. The summed E-state index contributed by atoms with van der Waals surface area (Å²) in [6.07, 6.45) is 1.64. The number of rotatable bonds is 5. The number of amides is 1. The maximum atomic E-state index is 13.1. The second-order valence-electron chi connectivity index (χ2n) is 6.50. The Hall–Kier alpha value is -3.93. The lowest BCUT2D eigenvalue weighted by Gasteiger charge is -2.24. The zero-order chi connectivity index (χ0) is 20.1. The van der Waals surface area contributed by atoms with Gasteiger partial charge in [0.2, 0.25) is 5.96 Å². The molecule has 0 bridgehead atoms. The van der Waals surface area contributed by atoms with Gasteiger partial charge in [0.25, 0.3) is 5.91 Å². The molecule has 0 aromatic heterocycles. The summed E-state index contributed by atoms with van der Waals surface area (Å²) in [5.41, 5.74) is 4.12. The van der Waals surface area contributed by atoms with Crippen LogP contribution >= 0.6 is 0 Å². The van der Waals surface area contributed by atoms with Gasteiger partial charge in [0.05, 0.1) is 13.3 Å². The lowest BCUT2D eigenvalue weighted by atomic mass is 9.83. The van der Waals surface area contributed by atoms with Gasteiger partial charge >= 0.3 is 0 Å². The average Bonchev–Trinajstić information content (AvgIpc) is 3.12. The molecule has 144 valence electrons. The van der Waals surface area contributed by atoms with Gasteiger partial charge in [0.1, 0.15) is 5.75 Å². The van der Waals surface area contributed by atoms with Crippen molar-refractivity contribution < 1.29 is 9.53 Å². The first-order valence-electron chi connectivity index (χ1n) is 9.18. The number of carbonyl (C=O) groups excluding carboxylic acids is 1. The maximum Gasteiger partial charge on any atom is 0.264 e. The van der Waals surface area contributed by atoms with Crippen LogP contribution in [0.3, 0.4) is 0 Å². The molecule has 3 aromatic carbocycles. The van der Waals surface area contributed by atoms with E-state index in [-0.39, 0.29) is 5.91 Å². The van der Waals surface area contributed by atoms with Crippen LogP contribution in [0.5, 0.6) is 5.75 Å². The Balaban J connectivity index is 1.65. The molecule has 1 aliphatic heterocycles. The van der Waals surface area contributed by atoms with E-state index in [1.807, 2.05) is 84.9 Å². The number of nitrogens with one attached hydrogen (secondary N) is 2. The van der Waals surface area contributed by atoms with Crippen LogP contribution in [0.15, 0.2) is 95.0 Å². The number of hydrogen-bond acceptors (Lipinski definition) is 5. The lowest BCUT2D eigenvalue weighted by molar-refractivity contribution is -0.122. The monoisotopic (exact) mass is 384 g/mol. The highest BCUT2D eigenvalue weighted by molar-refractivity contribution is 6.09. The number of guanidine groups is 1. The minimum atomic E-state index is -1.16. The van der Waals surface area contributed by atoms with Gasteiger partial charge in [0, 0.05) is 0 Å². The molecule has 4 rings (SSSR count). The Morgan fingerprint density at radius 2 is 1.62 bits per heavy atom. The van der Waals surface area contributed by atoms with Crippen LogP contribution in [0.2, 0.25) is 0 Å². The van der Waals surface area contributed by atoms with Gasteiger partial charge in [-0.3, -0.25) is 10.1 Å². The molecule has 2 N–H and O–H groups in total. The summed E-state index contributed by atoms with van der Waals surface area (Å²) in [4.78, 5) is 17.8. The molecule has 0 saturated carbocycles. The third-order valence-corrected chi connectivity index (χ3v) is 4.70. The van der Waals surface area contributed by atoms with Gasteiger partial charge in [-0.2, -0.15) is 5.10 Å². The molecule has 1 aliphatic rings. The van der Waals surface area contributed by atoms with E-state index in [1.54, 1.807) is 13.3 Å². The summed E-state index contributed by atoms with van der Waals surface area (Å²) < 4.78 is 5.21. The van der Waals surface area contributed by atoms with Gasteiger partial charge < -0.3 is 4.74 Å². The summed E-state index contributed by atoms with van der Waals surface area (Å²) in [5, 5.41) is 7.02. The largest absolute Gasteiger partial charge is 0.497 e. The second-order valence-corrected chi connectivity index (χ2v) is 6.50. The Kier molecular flexibility index (Phi) is 5.07. The molecular formula is C23H20N4O2. The molecule has 0 spiro atoms. The van der Waals surface area contributed by atoms with E-state index >= 15 is 0 Å². The van der Waals surface area contributed by atoms with Gasteiger partial charge in [-0.15, -0.1) is 0 Å². The highest BCUT2D eigenvalue weighted by Crippen LogP contribution is 2.36. The van der Waals surface area contributed by atoms with Crippen molar-refractivity contribution in [3.8, 4) is 5.75 Å². The van der Waals surface area contributed by atoms with Crippen LogP contribution in [-0.4, -0.2) is 25.2 Å². The summed E-state index contributed by atoms with van der Waals surface area (Å²) in [5.74, 6) is 0.809. The molecule has 3 aromatic rings. The van der Waals surface area contributed by atoms with Crippen LogP contribution in [-0.2, 0) is 10.3 Å². The Morgan fingerprint density at radius 3 is 2.24 bits per heavy atom. The standard InChI is InChI=1S/C23H20N4O2/c1-29-20-14-8-9-17(15-20)16-24-27-22-25-21(28)23(26-22,18-10-4-2-5-11-18)19-12-6-3-7-13-19/h2-16H,1H3,(H2,25,26,27,28)/b24-16+. The van der Waals surface area contributed by atoms with Crippen molar-refractivity contribution >= 4 is 18.1 Å². The van der Waals surface area contributed by atoms with Crippen LogP contribution in [0.25, 0.3) is 0 Å². The number of ether oxygens (including phenoxy) is 1. The Bertz CT molecular complexity index is 1020. The number of nitrogens with zero attached hydrogens (tertiary/aromatic N) is 2. The predicted molar refractivity (Wildman–Crippen MR) is 113 cm³/mol. The highest BCUT2D eigenvalue weighted by atomic mass is 16.5. The zero-order valence-electron chi connectivity index (χ0n) is 15.9. The van der Waals surface area contributed by atoms with Crippen LogP contribution in [0, 0.1) is 0 Å². The fourth-order valence-electron chi connectivity index (χ4n) is 3.30. The van der Waals surface area contributed by atoms with Crippen LogP contribution < -0.4 is 15.5 Å². The van der Waals surface area contributed by atoms with Gasteiger partial charge in [-0.05, 0) is 28.8 Å². The lowest BCUT2D eigenvalue weighted by Crippen LogP contribution is -2.40. The van der Waals surface area contributed by atoms with E-state index in [2.05, 4.69) is 15.8 Å². The number of aliphatic imine (C=N–C) groups is 1. The maximum absolute atomic E-state index is 13.1. The Morgan fingerprint density at radius 1 is 0.966 bits per heavy atom.